The smallest absolute Gasteiger partial charge is 0.263 e. The number of halogens is 1. The highest BCUT2D eigenvalue weighted by Gasteiger charge is 2.22. The number of nitrogens with one attached hydrogen (secondary N) is 2. The second-order valence-electron chi connectivity index (χ2n) is 4.80. The second-order valence-corrected chi connectivity index (χ2v) is 6.42. The van der Waals surface area contributed by atoms with Crippen LogP contribution in [-0.2, 0) is 10.0 Å². The van der Waals surface area contributed by atoms with Crippen LogP contribution in [0.2, 0.25) is 0 Å². The van der Waals surface area contributed by atoms with Crippen molar-refractivity contribution < 1.29 is 12.8 Å². The quantitative estimate of drug-likeness (QED) is 0.914. The van der Waals surface area contributed by atoms with E-state index in [2.05, 4.69) is 14.9 Å². The lowest BCUT2D eigenvalue weighted by Crippen LogP contribution is -2.16. The zero-order valence-electron chi connectivity index (χ0n) is 11.7. The number of aryl methyl sites for hydroxylation is 3. The zero-order valence-corrected chi connectivity index (χ0v) is 12.5. The molecule has 0 aliphatic rings. The van der Waals surface area contributed by atoms with Gasteiger partial charge in [-0.25, -0.2) is 12.8 Å². The predicted molar refractivity (Wildman–Crippen MR) is 74.7 cm³/mol. The summed E-state index contributed by atoms with van der Waals surface area (Å²) in [7, 11) is -3.80. The minimum atomic E-state index is -3.80. The number of rotatable bonds is 3. The molecular formula is C13H16FN3O2S. The van der Waals surface area contributed by atoms with Gasteiger partial charge in [-0.15, -0.1) is 0 Å². The first-order valence-electron chi connectivity index (χ1n) is 6.03. The van der Waals surface area contributed by atoms with E-state index in [1.807, 2.05) is 0 Å². The third-order valence-electron chi connectivity index (χ3n) is 3.18. The van der Waals surface area contributed by atoms with Crippen molar-refractivity contribution in [2.24, 2.45) is 0 Å². The number of nitrogens with zero attached hydrogens (tertiary/aromatic N) is 1. The molecule has 0 atom stereocenters. The second kappa shape index (κ2) is 4.90. The average Bonchev–Trinajstić information content (AvgIpc) is 2.58. The molecule has 0 aliphatic heterocycles. The molecule has 5 nitrogen and oxygen atoms in total. The molecule has 0 amide bonds. The summed E-state index contributed by atoms with van der Waals surface area (Å²) >= 11 is 0. The Kier molecular flexibility index (Phi) is 3.56. The Morgan fingerprint density at radius 1 is 1.15 bits per heavy atom. The summed E-state index contributed by atoms with van der Waals surface area (Å²) < 4.78 is 40.5. The Morgan fingerprint density at radius 3 is 2.15 bits per heavy atom. The molecule has 1 heterocycles. The first-order valence-corrected chi connectivity index (χ1v) is 7.52. The predicted octanol–water partition coefficient (Wildman–Crippen LogP) is 2.58. The van der Waals surface area contributed by atoms with Crippen molar-refractivity contribution in [2.45, 2.75) is 32.6 Å². The molecule has 108 valence electrons. The zero-order chi connectivity index (χ0) is 15.1. The number of H-pyrrole nitrogens is 1. The van der Waals surface area contributed by atoms with Crippen molar-refractivity contribution >= 4 is 15.8 Å². The number of sulfonamides is 1. The minimum absolute atomic E-state index is 0.0824. The van der Waals surface area contributed by atoms with Crippen molar-refractivity contribution in [3.63, 3.8) is 0 Å². The monoisotopic (exact) mass is 297 g/mol. The van der Waals surface area contributed by atoms with Crippen LogP contribution in [0.3, 0.4) is 0 Å². The number of hydrogen-bond acceptors (Lipinski definition) is 3. The largest absolute Gasteiger partial charge is 0.280 e. The maximum atomic E-state index is 13.3. The molecule has 20 heavy (non-hydrogen) atoms. The molecule has 2 N–H and O–H groups in total. The number of anilines is 1. The van der Waals surface area contributed by atoms with Crippen molar-refractivity contribution in [1.82, 2.24) is 10.2 Å². The molecule has 0 saturated carbocycles. The molecule has 2 aromatic rings. The number of benzene rings is 1. The fourth-order valence-electron chi connectivity index (χ4n) is 2.08. The molecule has 0 fully saturated rings. The highest BCUT2D eigenvalue weighted by atomic mass is 32.2. The lowest BCUT2D eigenvalue weighted by atomic mass is 10.1. The summed E-state index contributed by atoms with van der Waals surface area (Å²) in [6.45, 7) is 6.69. The van der Waals surface area contributed by atoms with Gasteiger partial charge in [0.25, 0.3) is 10.0 Å². The van der Waals surface area contributed by atoms with Crippen LogP contribution in [0.4, 0.5) is 10.2 Å². The van der Waals surface area contributed by atoms with Gasteiger partial charge in [-0.3, -0.25) is 9.82 Å². The van der Waals surface area contributed by atoms with Crippen LogP contribution in [-0.4, -0.2) is 18.6 Å². The number of aromatic amines is 1. The summed E-state index contributed by atoms with van der Waals surface area (Å²) in [5.41, 5.74) is 2.24. The Hall–Kier alpha value is -1.89. The van der Waals surface area contributed by atoms with Gasteiger partial charge in [-0.1, -0.05) is 0 Å². The summed E-state index contributed by atoms with van der Waals surface area (Å²) in [4.78, 5) is 0.0824. The molecule has 1 aromatic heterocycles. The van der Waals surface area contributed by atoms with Gasteiger partial charge >= 0.3 is 0 Å². The Morgan fingerprint density at radius 2 is 1.70 bits per heavy atom. The van der Waals surface area contributed by atoms with Gasteiger partial charge in [0.15, 0.2) is 5.82 Å². The fraction of sp³-hybridized carbons (Fsp3) is 0.308. The summed E-state index contributed by atoms with van der Waals surface area (Å²) in [5.74, 6) is -0.198. The van der Waals surface area contributed by atoms with E-state index < -0.39 is 15.8 Å². The van der Waals surface area contributed by atoms with Crippen LogP contribution in [0.1, 0.15) is 22.4 Å². The molecule has 7 heteroatoms. The molecule has 1 aromatic carbocycles. The van der Waals surface area contributed by atoms with E-state index >= 15 is 0 Å². The van der Waals surface area contributed by atoms with E-state index in [4.69, 9.17) is 0 Å². The van der Waals surface area contributed by atoms with Crippen molar-refractivity contribution in [3.8, 4) is 0 Å². The number of aromatic nitrogens is 2. The van der Waals surface area contributed by atoms with Gasteiger partial charge in [-0.05, 0) is 51.0 Å². The van der Waals surface area contributed by atoms with Crippen LogP contribution in [0.5, 0.6) is 0 Å². The van der Waals surface area contributed by atoms with Gasteiger partial charge in [0.1, 0.15) is 5.82 Å². The molecule has 0 bridgehead atoms. The van der Waals surface area contributed by atoms with Gasteiger partial charge in [0.2, 0.25) is 0 Å². The fourth-order valence-corrected chi connectivity index (χ4v) is 3.60. The van der Waals surface area contributed by atoms with Crippen LogP contribution in [0.25, 0.3) is 0 Å². The molecule has 0 aliphatic carbocycles. The van der Waals surface area contributed by atoms with Crippen molar-refractivity contribution in [1.29, 1.82) is 0 Å². The van der Waals surface area contributed by atoms with E-state index in [0.717, 1.165) is 11.3 Å². The molecule has 0 spiro atoms. The van der Waals surface area contributed by atoms with Gasteiger partial charge < -0.3 is 0 Å². The summed E-state index contributed by atoms with van der Waals surface area (Å²) in [6, 6.07) is 2.40. The highest BCUT2D eigenvalue weighted by Crippen LogP contribution is 2.25. The Bertz CT molecular complexity index is 743. The molecule has 2 rings (SSSR count). The topological polar surface area (TPSA) is 74.8 Å². The number of hydrogen-bond donors (Lipinski definition) is 2. The Labute approximate surface area is 117 Å². The van der Waals surface area contributed by atoms with Gasteiger partial charge in [0, 0.05) is 11.3 Å². The molecule has 0 radical (unpaired) electrons. The van der Waals surface area contributed by atoms with E-state index in [-0.39, 0.29) is 10.7 Å². The first-order chi connectivity index (χ1) is 9.22. The van der Waals surface area contributed by atoms with Gasteiger partial charge in [0.05, 0.1) is 4.90 Å². The molecular weight excluding hydrogens is 281 g/mol. The average molecular weight is 297 g/mol. The maximum absolute atomic E-state index is 13.3. The third kappa shape index (κ3) is 2.53. The van der Waals surface area contributed by atoms with E-state index in [1.165, 1.54) is 12.1 Å². The first kappa shape index (κ1) is 14.5. The van der Waals surface area contributed by atoms with Gasteiger partial charge in [-0.2, -0.15) is 5.10 Å². The molecule has 0 saturated heterocycles. The molecule has 0 unspecified atom stereocenters. The minimum Gasteiger partial charge on any atom is -0.280 e. The lowest BCUT2D eigenvalue weighted by molar-refractivity contribution is 0.597. The highest BCUT2D eigenvalue weighted by molar-refractivity contribution is 7.92. The summed E-state index contributed by atoms with van der Waals surface area (Å²) in [6.07, 6.45) is 0. The third-order valence-corrected chi connectivity index (χ3v) is 4.82. The van der Waals surface area contributed by atoms with Crippen LogP contribution in [0.15, 0.2) is 17.0 Å². The SMILES string of the molecule is Cc1cc(F)cc(C)c1S(=O)(=O)Nc1n[nH]c(C)c1C. The van der Waals surface area contributed by atoms with Crippen LogP contribution >= 0.6 is 0 Å². The Balaban J connectivity index is 2.49. The standard InChI is InChI=1S/C13H16FN3O2S/c1-7-5-11(14)6-8(2)12(7)20(18,19)17-13-9(3)10(4)15-16-13/h5-6H,1-4H3,(H2,15,16,17). The maximum Gasteiger partial charge on any atom is 0.263 e. The summed E-state index contributed by atoms with van der Waals surface area (Å²) in [5, 5.41) is 6.63. The van der Waals surface area contributed by atoms with Crippen LogP contribution in [0, 0.1) is 33.5 Å². The van der Waals surface area contributed by atoms with Crippen LogP contribution < -0.4 is 4.72 Å². The van der Waals surface area contributed by atoms with E-state index in [0.29, 0.717) is 11.1 Å². The van der Waals surface area contributed by atoms with E-state index in [9.17, 15) is 12.8 Å². The normalized spacial score (nSPS) is 11.7. The van der Waals surface area contributed by atoms with E-state index in [1.54, 1.807) is 27.7 Å². The van der Waals surface area contributed by atoms with Crippen molar-refractivity contribution in [2.75, 3.05) is 4.72 Å². The van der Waals surface area contributed by atoms with Crippen molar-refractivity contribution in [3.05, 3.63) is 40.3 Å². The lowest BCUT2D eigenvalue weighted by Gasteiger charge is -2.12.